The summed E-state index contributed by atoms with van der Waals surface area (Å²) in [5.41, 5.74) is 1.85. The largest absolute Gasteiger partial charge is 0.297 e. The molecule has 0 spiro atoms. The number of hydrogen-bond acceptors (Lipinski definition) is 3. The Morgan fingerprint density at radius 2 is 1.73 bits per heavy atom. The highest BCUT2D eigenvalue weighted by atomic mass is 32.2. The van der Waals surface area contributed by atoms with Crippen molar-refractivity contribution in [1.29, 1.82) is 0 Å². The molecule has 2 aromatic carbocycles. The first-order valence-corrected chi connectivity index (χ1v) is 8.59. The standard InChI is InChI=1S/C18H20O3S/c1-3-4-10-18(16-8-6-5-7-9-16)21-22(19,20)17-13-11-15(2)12-14-17/h3,5-9,11-14,18H,1,4,10H2,2H3. The number of allylic oxidation sites excluding steroid dienone is 1. The number of rotatable bonds is 7. The molecule has 0 radical (unpaired) electrons. The first-order chi connectivity index (χ1) is 10.5. The lowest BCUT2D eigenvalue weighted by Crippen LogP contribution is -2.12. The fourth-order valence-corrected chi connectivity index (χ4v) is 3.21. The van der Waals surface area contributed by atoms with Gasteiger partial charge in [0, 0.05) is 0 Å². The maximum atomic E-state index is 12.4. The van der Waals surface area contributed by atoms with Gasteiger partial charge < -0.3 is 0 Å². The van der Waals surface area contributed by atoms with Crippen LogP contribution in [0.2, 0.25) is 0 Å². The predicted molar refractivity (Wildman–Crippen MR) is 88.1 cm³/mol. The van der Waals surface area contributed by atoms with Crippen LogP contribution in [0, 0.1) is 6.92 Å². The molecule has 0 bridgehead atoms. The molecule has 1 unspecified atom stereocenters. The molecule has 0 aliphatic carbocycles. The molecule has 0 fully saturated rings. The molecule has 0 saturated carbocycles. The molecule has 0 heterocycles. The van der Waals surface area contributed by atoms with Crippen molar-refractivity contribution in [2.75, 3.05) is 0 Å². The van der Waals surface area contributed by atoms with Crippen LogP contribution in [0.3, 0.4) is 0 Å². The van der Waals surface area contributed by atoms with E-state index in [0.717, 1.165) is 11.1 Å². The zero-order valence-electron chi connectivity index (χ0n) is 12.6. The van der Waals surface area contributed by atoms with Crippen LogP contribution in [0.5, 0.6) is 0 Å². The molecule has 0 amide bonds. The minimum atomic E-state index is -3.79. The summed E-state index contributed by atoms with van der Waals surface area (Å²) < 4.78 is 30.4. The van der Waals surface area contributed by atoms with E-state index in [1.807, 2.05) is 37.3 Å². The van der Waals surface area contributed by atoms with E-state index in [1.165, 1.54) is 0 Å². The van der Waals surface area contributed by atoms with Crippen molar-refractivity contribution in [2.24, 2.45) is 0 Å². The second-order valence-corrected chi connectivity index (χ2v) is 6.70. The first kappa shape index (κ1) is 16.5. The molecular formula is C18H20O3S. The molecule has 0 aliphatic rings. The van der Waals surface area contributed by atoms with E-state index in [2.05, 4.69) is 6.58 Å². The summed E-state index contributed by atoms with van der Waals surface area (Å²) in [5.74, 6) is 0. The SMILES string of the molecule is C=CCCC(OS(=O)(=O)c1ccc(C)cc1)c1ccccc1. The van der Waals surface area contributed by atoms with Gasteiger partial charge in [0.2, 0.25) is 0 Å². The van der Waals surface area contributed by atoms with Gasteiger partial charge in [-0.05, 0) is 37.5 Å². The van der Waals surface area contributed by atoms with E-state index >= 15 is 0 Å². The summed E-state index contributed by atoms with van der Waals surface area (Å²) in [5, 5.41) is 0. The summed E-state index contributed by atoms with van der Waals surface area (Å²) in [4.78, 5) is 0.178. The zero-order chi connectivity index (χ0) is 16.0. The Kier molecular flexibility index (Phi) is 5.52. The minimum Gasteiger partial charge on any atom is -0.258 e. The van der Waals surface area contributed by atoms with Crippen molar-refractivity contribution in [2.45, 2.75) is 30.8 Å². The molecule has 3 nitrogen and oxygen atoms in total. The second-order valence-electron chi connectivity index (χ2n) is 5.13. The summed E-state index contributed by atoms with van der Waals surface area (Å²) in [7, 11) is -3.79. The van der Waals surface area contributed by atoms with Crippen molar-refractivity contribution in [3.8, 4) is 0 Å². The maximum Gasteiger partial charge on any atom is 0.297 e. The van der Waals surface area contributed by atoms with E-state index in [-0.39, 0.29) is 4.90 Å². The molecule has 2 rings (SSSR count). The van der Waals surface area contributed by atoms with Crippen molar-refractivity contribution in [3.05, 3.63) is 78.4 Å². The Balaban J connectivity index is 2.25. The van der Waals surface area contributed by atoms with E-state index in [4.69, 9.17) is 4.18 Å². The monoisotopic (exact) mass is 316 g/mol. The van der Waals surface area contributed by atoms with Crippen LogP contribution in [-0.4, -0.2) is 8.42 Å². The molecular weight excluding hydrogens is 296 g/mol. The number of hydrogen-bond donors (Lipinski definition) is 0. The highest BCUT2D eigenvalue weighted by Gasteiger charge is 2.22. The van der Waals surface area contributed by atoms with E-state index in [1.54, 1.807) is 30.3 Å². The third-order valence-corrected chi connectivity index (χ3v) is 4.69. The molecule has 2 aromatic rings. The van der Waals surface area contributed by atoms with Gasteiger partial charge in [-0.2, -0.15) is 8.42 Å². The topological polar surface area (TPSA) is 43.4 Å². The third-order valence-electron chi connectivity index (χ3n) is 3.36. The van der Waals surface area contributed by atoms with Gasteiger partial charge in [0.05, 0.1) is 4.90 Å². The van der Waals surface area contributed by atoms with Gasteiger partial charge in [0.25, 0.3) is 10.1 Å². The smallest absolute Gasteiger partial charge is 0.258 e. The molecule has 0 N–H and O–H groups in total. The lowest BCUT2D eigenvalue weighted by molar-refractivity contribution is 0.204. The van der Waals surface area contributed by atoms with Gasteiger partial charge in [-0.1, -0.05) is 54.1 Å². The third kappa shape index (κ3) is 4.29. The molecule has 4 heteroatoms. The van der Waals surface area contributed by atoms with Crippen LogP contribution >= 0.6 is 0 Å². The lowest BCUT2D eigenvalue weighted by Gasteiger charge is -2.17. The van der Waals surface area contributed by atoms with Gasteiger partial charge in [0.15, 0.2) is 0 Å². The Labute approximate surface area is 132 Å². The summed E-state index contributed by atoms with van der Waals surface area (Å²) in [6, 6.07) is 16.0. The van der Waals surface area contributed by atoms with E-state index in [0.29, 0.717) is 12.8 Å². The van der Waals surface area contributed by atoms with Crippen LogP contribution in [0.4, 0.5) is 0 Å². The number of aryl methyl sites for hydroxylation is 1. The van der Waals surface area contributed by atoms with Crippen LogP contribution in [0.25, 0.3) is 0 Å². The molecule has 1 atom stereocenters. The predicted octanol–water partition coefficient (Wildman–Crippen LogP) is 4.41. The van der Waals surface area contributed by atoms with E-state index < -0.39 is 16.2 Å². The first-order valence-electron chi connectivity index (χ1n) is 7.19. The average molecular weight is 316 g/mol. The maximum absolute atomic E-state index is 12.4. The van der Waals surface area contributed by atoms with Crippen LogP contribution in [0.1, 0.15) is 30.1 Å². The summed E-state index contributed by atoms with van der Waals surface area (Å²) in [6.45, 7) is 5.60. The fourth-order valence-electron chi connectivity index (χ4n) is 2.12. The molecule has 0 aliphatic heterocycles. The Hall–Kier alpha value is -1.91. The highest BCUT2D eigenvalue weighted by Crippen LogP contribution is 2.27. The fraction of sp³-hybridized carbons (Fsp3) is 0.222. The van der Waals surface area contributed by atoms with Crippen LogP contribution in [-0.2, 0) is 14.3 Å². The lowest BCUT2D eigenvalue weighted by atomic mass is 10.1. The summed E-state index contributed by atoms with van der Waals surface area (Å²) >= 11 is 0. The van der Waals surface area contributed by atoms with Gasteiger partial charge in [-0.25, -0.2) is 0 Å². The summed E-state index contributed by atoms with van der Waals surface area (Å²) in [6.07, 6.45) is 2.50. The highest BCUT2D eigenvalue weighted by molar-refractivity contribution is 7.86. The molecule has 22 heavy (non-hydrogen) atoms. The van der Waals surface area contributed by atoms with Crippen molar-refractivity contribution < 1.29 is 12.6 Å². The second kappa shape index (κ2) is 7.38. The normalized spacial score (nSPS) is 12.8. The average Bonchev–Trinajstić information content (AvgIpc) is 2.52. The van der Waals surface area contributed by atoms with Gasteiger partial charge in [-0.3, -0.25) is 4.18 Å². The Morgan fingerprint density at radius 3 is 2.32 bits per heavy atom. The quantitative estimate of drug-likeness (QED) is 0.561. The molecule has 0 saturated heterocycles. The van der Waals surface area contributed by atoms with Crippen molar-refractivity contribution in [1.82, 2.24) is 0 Å². The van der Waals surface area contributed by atoms with Crippen molar-refractivity contribution in [3.63, 3.8) is 0 Å². The van der Waals surface area contributed by atoms with Gasteiger partial charge in [0.1, 0.15) is 6.10 Å². The van der Waals surface area contributed by atoms with Gasteiger partial charge in [-0.15, -0.1) is 6.58 Å². The Bertz CT molecular complexity index is 704. The van der Waals surface area contributed by atoms with Crippen molar-refractivity contribution >= 4 is 10.1 Å². The Morgan fingerprint density at radius 1 is 1.09 bits per heavy atom. The molecule has 116 valence electrons. The van der Waals surface area contributed by atoms with Gasteiger partial charge >= 0.3 is 0 Å². The van der Waals surface area contributed by atoms with E-state index in [9.17, 15) is 8.42 Å². The zero-order valence-corrected chi connectivity index (χ0v) is 13.4. The number of benzene rings is 2. The van der Waals surface area contributed by atoms with Crippen LogP contribution in [0.15, 0.2) is 72.1 Å². The van der Waals surface area contributed by atoms with Crippen LogP contribution < -0.4 is 0 Å². The minimum absolute atomic E-state index is 0.178. The molecule has 0 aromatic heterocycles.